The highest BCUT2D eigenvalue weighted by atomic mass is 35.5. The number of benzene rings is 2. The van der Waals surface area contributed by atoms with Crippen molar-refractivity contribution in [2.45, 2.75) is 11.6 Å². The summed E-state index contributed by atoms with van der Waals surface area (Å²) >= 11 is 11.9. The first-order chi connectivity index (χ1) is 14.8. The lowest BCUT2D eigenvalue weighted by atomic mass is 10.1. The largest absolute Gasteiger partial charge is 0.465 e. The molecule has 0 atom stereocenters. The van der Waals surface area contributed by atoms with Crippen LogP contribution < -0.4 is 0 Å². The van der Waals surface area contributed by atoms with Crippen LogP contribution in [-0.4, -0.2) is 66.7 Å². The van der Waals surface area contributed by atoms with Crippen LogP contribution in [0.5, 0.6) is 0 Å². The predicted molar refractivity (Wildman–Crippen MR) is 118 cm³/mol. The van der Waals surface area contributed by atoms with Gasteiger partial charge in [0.05, 0.1) is 46.0 Å². The number of methoxy groups -OCH3 is 1. The van der Waals surface area contributed by atoms with E-state index in [9.17, 15) is 13.2 Å². The van der Waals surface area contributed by atoms with Crippen LogP contribution in [-0.2, 0) is 21.4 Å². The van der Waals surface area contributed by atoms with Crippen molar-refractivity contribution in [2.75, 3.05) is 33.3 Å². The number of fused-ring (bicyclic) bond motifs is 1. The molecule has 1 fully saturated rings. The molecule has 1 aliphatic heterocycles. The van der Waals surface area contributed by atoms with Gasteiger partial charge in [-0.25, -0.2) is 13.2 Å². The molecular formula is C20H20Cl2N4O4S. The fourth-order valence-electron chi connectivity index (χ4n) is 3.53. The van der Waals surface area contributed by atoms with Crippen molar-refractivity contribution in [3.05, 3.63) is 58.2 Å². The zero-order chi connectivity index (χ0) is 22.2. The molecule has 4 rings (SSSR count). The first-order valence-electron chi connectivity index (χ1n) is 9.51. The Hall–Kier alpha value is -2.17. The Balaban J connectivity index is 1.43. The van der Waals surface area contributed by atoms with Gasteiger partial charge in [0.15, 0.2) is 0 Å². The molecule has 11 heteroatoms. The number of carbonyl (C=O) groups is 1. The molecule has 0 N–H and O–H groups in total. The first-order valence-corrected chi connectivity index (χ1v) is 11.7. The lowest BCUT2D eigenvalue weighted by Crippen LogP contribution is -2.48. The van der Waals surface area contributed by atoms with Gasteiger partial charge in [0.1, 0.15) is 0 Å². The molecule has 2 aromatic carbocycles. The molecule has 2 heterocycles. The lowest BCUT2D eigenvalue weighted by Gasteiger charge is -2.33. The summed E-state index contributed by atoms with van der Waals surface area (Å²) in [7, 11) is -2.29. The van der Waals surface area contributed by atoms with Gasteiger partial charge < -0.3 is 4.74 Å². The number of piperazine rings is 1. The molecule has 0 bridgehead atoms. The summed E-state index contributed by atoms with van der Waals surface area (Å²) in [4.78, 5) is 14.0. The number of esters is 1. The zero-order valence-electron chi connectivity index (χ0n) is 16.7. The van der Waals surface area contributed by atoms with Crippen molar-refractivity contribution < 1.29 is 17.9 Å². The Labute approximate surface area is 189 Å². The van der Waals surface area contributed by atoms with E-state index in [1.807, 2.05) is 10.7 Å². The maximum atomic E-state index is 12.9. The third-order valence-corrected chi connectivity index (χ3v) is 7.89. The summed E-state index contributed by atoms with van der Waals surface area (Å²) in [5.41, 5.74) is 1.36. The molecule has 31 heavy (non-hydrogen) atoms. The Morgan fingerprint density at radius 2 is 1.81 bits per heavy atom. The normalized spacial score (nSPS) is 16.0. The number of ether oxygens (including phenoxy) is 1. The smallest absolute Gasteiger partial charge is 0.337 e. The number of hydrogen-bond donors (Lipinski definition) is 0. The highest BCUT2D eigenvalue weighted by Crippen LogP contribution is 2.27. The van der Waals surface area contributed by atoms with Gasteiger partial charge in [-0.3, -0.25) is 9.58 Å². The number of hydrogen-bond acceptors (Lipinski definition) is 6. The number of sulfonamides is 1. The fraction of sp³-hybridized carbons (Fsp3) is 0.300. The number of carbonyl (C=O) groups excluding carboxylic acids is 1. The number of rotatable bonds is 5. The van der Waals surface area contributed by atoms with Crippen LogP contribution >= 0.6 is 23.2 Å². The molecule has 1 aliphatic rings. The minimum atomic E-state index is -3.64. The maximum Gasteiger partial charge on any atom is 0.337 e. The second-order valence-corrected chi connectivity index (χ2v) is 9.90. The average Bonchev–Trinajstić information content (AvgIpc) is 3.17. The molecule has 0 aliphatic carbocycles. The minimum absolute atomic E-state index is 0.134. The summed E-state index contributed by atoms with van der Waals surface area (Å²) in [6.45, 7) is 2.34. The van der Waals surface area contributed by atoms with E-state index >= 15 is 0 Å². The monoisotopic (exact) mass is 482 g/mol. The molecule has 0 saturated carbocycles. The molecule has 1 saturated heterocycles. The topological polar surface area (TPSA) is 84.7 Å². The third kappa shape index (κ3) is 4.42. The van der Waals surface area contributed by atoms with Gasteiger partial charge in [0.25, 0.3) is 0 Å². The maximum absolute atomic E-state index is 12.9. The summed E-state index contributed by atoms with van der Waals surface area (Å²) in [6.07, 6.45) is 1.70. The standard InChI is InChI=1S/C20H20Cl2N4O4S/c1-30-20(27)14-2-5-19-15(10-14)12-23-26(19)13-24-6-8-25(9-7-24)31(28,29)16-3-4-17(21)18(22)11-16/h2-5,10-12H,6-9,13H2,1H3. The Morgan fingerprint density at radius 1 is 1.06 bits per heavy atom. The van der Waals surface area contributed by atoms with Crippen molar-refractivity contribution in [3.63, 3.8) is 0 Å². The summed E-state index contributed by atoms with van der Waals surface area (Å²) in [5, 5.41) is 5.78. The van der Waals surface area contributed by atoms with Crippen LogP contribution in [0.3, 0.4) is 0 Å². The predicted octanol–water partition coefficient (Wildman–Crippen LogP) is 3.09. The molecule has 8 nitrogen and oxygen atoms in total. The van der Waals surface area contributed by atoms with Crippen molar-refractivity contribution in [3.8, 4) is 0 Å². The van der Waals surface area contributed by atoms with E-state index in [0.717, 1.165) is 10.9 Å². The van der Waals surface area contributed by atoms with Crippen molar-refractivity contribution >= 4 is 50.1 Å². The molecule has 0 amide bonds. The van der Waals surface area contributed by atoms with Gasteiger partial charge in [-0.1, -0.05) is 23.2 Å². The van der Waals surface area contributed by atoms with E-state index < -0.39 is 16.0 Å². The van der Waals surface area contributed by atoms with Crippen molar-refractivity contribution in [2.24, 2.45) is 0 Å². The zero-order valence-corrected chi connectivity index (χ0v) is 19.0. The lowest BCUT2D eigenvalue weighted by molar-refractivity contribution is 0.0601. The second-order valence-electron chi connectivity index (χ2n) is 7.15. The molecule has 0 spiro atoms. The highest BCUT2D eigenvalue weighted by molar-refractivity contribution is 7.89. The SMILES string of the molecule is COC(=O)c1ccc2c(cnn2CN2CCN(S(=O)(=O)c3ccc(Cl)c(Cl)c3)CC2)c1. The van der Waals surface area contributed by atoms with Gasteiger partial charge >= 0.3 is 5.97 Å². The second kappa shape index (κ2) is 8.76. The molecule has 1 aromatic heterocycles. The van der Waals surface area contributed by atoms with Crippen LogP contribution in [0.2, 0.25) is 10.0 Å². The molecule has 0 unspecified atom stereocenters. The Bertz CT molecular complexity index is 1240. The fourth-order valence-corrected chi connectivity index (χ4v) is 5.34. The van der Waals surface area contributed by atoms with Crippen LogP contribution in [0, 0.1) is 0 Å². The van der Waals surface area contributed by atoms with E-state index in [4.69, 9.17) is 27.9 Å². The van der Waals surface area contributed by atoms with E-state index in [-0.39, 0.29) is 9.92 Å². The van der Waals surface area contributed by atoms with Gasteiger partial charge in [-0.05, 0) is 36.4 Å². The van der Waals surface area contributed by atoms with Gasteiger partial charge in [0, 0.05) is 31.6 Å². The van der Waals surface area contributed by atoms with Crippen molar-refractivity contribution in [1.82, 2.24) is 19.0 Å². The number of aromatic nitrogens is 2. The molecule has 164 valence electrons. The van der Waals surface area contributed by atoms with Gasteiger partial charge in [-0.15, -0.1) is 0 Å². The van der Waals surface area contributed by atoms with E-state index in [1.165, 1.54) is 29.6 Å². The Kier molecular flexibility index (Phi) is 6.23. The van der Waals surface area contributed by atoms with Gasteiger partial charge in [0.2, 0.25) is 10.0 Å². The van der Waals surface area contributed by atoms with Gasteiger partial charge in [-0.2, -0.15) is 9.40 Å². The summed E-state index contributed by atoms with van der Waals surface area (Å²) in [5.74, 6) is -0.394. The molecule has 0 radical (unpaired) electrons. The van der Waals surface area contributed by atoms with Crippen LogP contribution in [0.25, 0.3) is 10.9 Å². The average molecular weight is 483 g/mol. The van der Waals surface area contributed by atoms with E-state index in [2.05, 4.69) is 10.00 Å². The van der Waals surface area contributed by atoms with E-state index in [1.54, 1.807) is 18.3 Å². The first kappa shape index (κ1) is 22.0. The third-order valence-electron chi connectivity index (χ3n) is 5.26. The van der Waals surface area contributed by atoms with Crippen LogP contribution in [0.4, 0.5) is 0 Å². The number of nitrogens with zero attached hydrogens (tertiary/aromatic N) is 4. The summed E-state index contributed by atoms with van der Waals surface area (Å²) in [6, 6.07) is 9.61. The Morgan fingerprint density at radius 3 is 2.48 bits per heavy atom. The summed E-state index contributed by atoms with van der Waals surface area (Å²) < 4.78 is 33.9. The van der Waals surface area contributed by atoms with Crippen LogP contribution in [0.1, 0.15) is 10.4 Å². The highest BCUT2D eigenvalue weighted by Gasteiger charge is 2.29. The van der Waals surface area contributed by atoms with E-state index in [0.29, 0.717) is 43.4 Å². The van der Waals surface area contributed by atoms with Crippen molar-refractivity contribution in [1.29, 1.82) is 0 Å². The van der Waals surface area contributed by atoms with Crippen LogP contribution in [0.15, 0.2) is 47.5 Å². The molecular weight excluding hydrogens is 463 g/mol. The molecule has 3 aromatic rings. The quantitative estimate of drug-likeness (QED) is 0.519. The minimum Gasteiger partial charge on any atom is -0.465 e. The number of halogens is 2.